The molecule has 44 heavy (non-hydrogen) atoms. The molecule has 11 heteroatoms. The zero-order valence-corrected chi connectivity index (χ0v) is 24.0. The van der Waals surface area contributed by atoms with Crippen LogP contribution in [-0.2, 0) is 25.4 Å². The van der Waals surface area contributed by atoms with Crippen molar-refractivity contribution in [3.8, 4) is 5.88 Å². The van der Waals surface area contributed by atoms with Gasteiger partial charge in [-0.2, -0.15) is 4.98 Å². The SMILES string of the molecule is CCc1cn([C@@H]2O[C@H](COC(=O)c3ccccc3)[C@@H](OC(=O)c3ccccc3)[C@H]2OC(=O)c2ccccc2)c(=O)nc1OC. The lowest BCUT2D eigenvalue weighted by molar-refractivity contribution is -0.0641. The number of aryl methyl sites for hydroxylation is 1. The minimum Gasteiger partial charge on any atom is -0.481 e. The van der Waals surface area contributed by atoms with Gasteiger partial charge in [-0.05, 0) is 42.8 Å². The minimum atomic E-state index is -1.34. The molecule has 0 bridgehead atoms. The van der Waals surface area contributed by atoms with Crippen LogP contribution in [0.5, 0.6) is 5.88 Å². The summed E-state index contributed by atoms with van der Waals surface area (Å²) in [6.07, 6.45) is -3.10. The molecule has 3 aromatic carbocycles. The molecule has 0 aliphatic carbocycles. The van der Waals surface area contributed by atoms with Gasteiger partial charge in [0.1, 0.15) is 12.7 Å². The average Bonchev–Trinajstić information content (AvgIpc) is 3.40. The second-order valence-electron chi connectivity index (χ2n) is 9.82. The summed E-state index contributed by atoms with van der Waals surface area (Å²) in [5.41, 5.74) is 0.601. The molecule has 0 amide bonds. The van der Waals surface area contributed by atoms with Crippen LogP contribution < -0.4 is 10.4 Å². The highest BCUT2D eigenvalue weighted by Gasteiger charge is 2.52. The summed E-state index contributed by atoms with van der Waals surface area (Å²) >= 11 is 0. The molecule has 5 rings (SSSR count). The van der Waals surface area contributed by atoms with E-state index < -0.39 is 48.1 Å². The molecule has 0 radical (unpaired) electrons. The summed E-state index contributed by atoms with van der Waals surface area (Å²) in [5.74, 6) is -1.96. The van der Waals surface area contributed by atoms with Gasteiger partial charge in [-0.15, -0.1) is 0 Å². The van der Waals surface area contributed by atoms with Crippen molar-refractivity contribution >= 4 is 17.9 Å². The predicted molar refractivity (Wildman–Crippen MR) is 156 cm³/mol. The highest BCUT2D eigenvalue weighted by molar-refractivity contribution is 5.91. The number of hydrogen-bond acceptors (Lipinski definition) is 10. The molecule has 4 atom stereocenters. The van der Waals surface area contributed by atoms with Crippen LogP contribution in [0.1, 0.15) is 49.8 Å². The lowest BCUT2D eigenvalue weighted by Gasteiger charge is -2.25. The van der Waals surface area contributed by atoms with Gasteiger partial charge in [-0.1, -0.05) is 61.5 Å². The van der Waals surface area contributed by atoms with E-state index in [1.165, 1.54) is 13.3 Å². The summed E-state index contributed by atoms with van der Waals surface area (Å²) in [6.45, 7) is 1.47. The molecule has 226 valence electrons. The third-order valence-corrected chi connectivity index (χ3v) is 7.02. The van der Waals surface area contributed by atoms with E-state index in [-0.39, 0.29) is 23.6 Å². The predicted octanol–water partition coefficient (Wildman–Crippen LogP) is 4.02. The van der Waals surface area contributed by atoms with Gasteiger partial charge >= 0.3 is 23.6 Å². The Morgan fingerprint density at radius 3 is 1.77 bits per heavy atom. The molecule has 11 nitrogen and oxygen atoms in total. The first-order valence-electron chi connectivity index (χ1n) is 13.9. The number of aromatic nitrogens is 2. The Morgan fingerprint density at radius 2 is 1.27 bits per heavy atom. The van der Waals surface area contributed by atoms with Crippen molar-refractivity contribution in [3.63, 3.8) is 0 Å². The van der Waals surface area contributed by atoms with Gasteiger partial charge in [0.25, 0.3) is 0 Å². The van der Waals surface area contributed by atoms with E-state index >= 15 is 0 Å². The summed E-state index contributed by atoms with van der Waals surface area (Å²) < 4.78 is 30.0. The number of carbonyl (C=O) groups excluding carboxylic acids is 3. The zero-order valence-electron chi connectivity index (χ0n) is 24.0. The maximum absolute atomic E-state index is 13.3. The van der Waals surface area contributed by atoms with Crippen molar-refractivity contribution < 1.29 is 38.1 Å². The number of benzene rings is 3. The molecule has 1 fully saturated rings. The van der Waals surface area contributed by atoms with Crippen LogP contribution in [0.15, 0.2) is 102 Å². The summed E-state index contributed by atoms with van der Waals surface area (Å²) in [4.78, 5) is 56.6. The number of ether oxygens (including phenoxy) is 5. The first-order valence-corrected chi connectivity index (χ1v) is 13.9. The first-order chi connectivity index (χ1) is 21.4. The number of nitrogens with zero attached hydrogens (tertiary/aromatic N) is 2. The fourth-order valence-corrected chi connectivity index (χ4v) is 4.78. The second kappa shape index (κ2) is 13.8. The van der Waals surface area contributed by atoms with Gasteiger partial charge in [0.15, 0.2) is 18.4 Å². The van der Waals surface area contributed by atoms with E-state index in [0.717, 1.165) is 4.57 Å². The van der Waals surface area contributed by atoms with Crippen LogP contribution >= 0.6 is 0 Å². The van der Waals surface area contributed by atoms with Crippen LogP contribution in [0.4, 0.5) is 0 Å². The van der Waals surface area contributed by atoms with Crippen molar-refractivity contribution in [1.82, 2.24) is 9.55 Å². The minimum absolute atomic E-state index is 0.143. The van der Waals surface area contributed by atoms with E-state index in [0.29, 0.717) is 17.5 Å². The van der Waals surface area contributed by atoms with Crippen LogP contribution in [0.3, 0.4) is 0 Å². The number of carbonyl (C=O) groups is 3. The van der Waals surface area contributed by atoms with Gasteiger partial charge < -0.3 is 23.7 Å². The van der Waals surface area contributed by atoms with Gasteiger partial charge in [-0.3, -0.25) is 4.57 Å². The van der Waals surface area contributed by atoms with Crippen LogP contribution in [-0.4, -0.2) is 59.5 Å². The molecule has 0 saturated carbocycles. The molecule has 0 N–H and O–H groups in total. The molecular formula is C33H30N2O9. The Balaban J connectivity index is 1.54. The van der Waals surface area contributed by atoms with Crippen molar-refractivity contribution in [2.75, 3.05) is 13.7 Å². The summed E-state index contributed by atoms with van der Waals surface area (Å²) in [7, 11) is 1.40. The Morgan fingerprint density at radius 1 is 0.773 bits per heavy atom. The fraction of sp³-hybridized carbons (Fsp3) is 0.242. The van der Waals surface area contributed by atoms with E-state index in [1.54, 1.807) is 91.0 Å². The molecule has 0 spiro atoms. The summed E-state index contributed by atoms with van der Waals surface area (Å²) in [6, 6.07) is 24.8. The Bertz CT molecular complexity index is 1660. The fourth-order valence-electron chi connectivity index (χ4n) is 4.78. The topological polar surface area (TPSA) is 132 Å². The molecule has 1 aliphatic rings. The van der Waals surface area contributed by atoms with Crippen molar-refractivity contribution in [3.05, 3.63) is 130 Å². The number of hydrogen-bond donors (Lipinski definition) is 0. The monoisotopic (exact) mass is 598 g/mol. The third kappa shape index (κ3) is 6.68. The lowest BCUT2D eigenvalue weighted by atomic mass is 10.1. The molecular weight excluding hydrogens is 568 g/mol. The van der Waals surface area contributed by atoms with Crippen LogP contribution in [0.2, 0.25) is 0 Å². The van der Waals surface area contributed by atoms with Crippen LogP contribution in [0.25, 0.3) is 0 Å². The molecule has 2 heterocycles. The Labute approximate surface area is 252 Å². The average molecular weight is 599 g/mol. The second-order valence-corrected chi connectivity index (χ2v) is 9.82. The maximum Gasteiger partial charge on any atom is 0.353 e. The zero-order chi connectivity index (χ0) is 31.1. The van der Waals surface area contributed by atoms with Gasteiger partial charge in [0, 0.05) is 11.8 Å². The van der Waals surface area contributed by atoms with Gasteiger partial charge in [0.05, 0.1) is 23.8 Å². The van der Waals surface area contributed by atoms with Crippen molar-refractivity contribution in [1.29, 1.82) is 0 Å². The summed E-state index contributed by atoms with van der Waals surface area (Å²) in [5, 5.41) is 0. The van der Waals surface area contributed by atoms with Gasteiger partial charge in [0.2, 0.25) is 5.88 Å². The highest BCUT2D eigenvalue weighted by atomic mass is 16.7. The first kappa shape index (κ1) is 30.2. The standard InChI is InChI=1S/C33H30N2O9/c1-3-21-19-35(33(39)34-28(21)40-2)29-27(44-32(38)24-17-11-6-12-18-24)26(43-31(37)23-15-9-5-10-16-23)25(42-29)20-41-30(36)22-13-7-4-8-14-22/h4-19,25-27,29H,3,20H2,1-2H3/t25-,26-,27-,29-/m1/s1. The smallest absolute Gasteiger partial charge is 0.353 e. The normalized spacial score (nSPS) is 19.1. The van der Waals surface area contributed by atoms with Crippen molar-refractivity contribution in [2.45, 2.75) is 37.9 Å². The van der Waals surface area contributed by atoms with Crippen LogP contribution in [0, 0.1) is 0 Å². The molecule has 1 aliphatic heterocycles. The van der Waals surface area contributed by atoms with Gasteiger partial charge in [-0.25, -0.2) is 19.2 Å². The molecule has 4 aromatic rings. The molecule has 0 unspecified atom stereocenters. The quantitative estimate of drug-likeness (QED) is 0.195. The van der Waals surface area contributed by atoms with Crippen molar-refractivity contribution in [2.24, 2.45) is 0 Å². The molecule has 1 aromatic heterocycles. The lowest BCUT2D eigenvalue weighted by Crippen LogP contribution is -2.42. The van der Waals surface area contributed by atoms with E-state index in [2.05, 4.69) is 4.98 Å². The number of esters is 3. The number of rotatable bonds is 10. The third-order valence-electron chi connectivity index (χ3n) is 7.02. The largest absolute Gasteiger partial charge is 0.481 e. The maximum atomic E-state index is 13.3. The van der Waals surface area contributed by atoms with E-state index in [1.807, 2.05) is 6.92 Å². The van der Waals surface area contributed by atoms with E-state index in [4.69, 9.17) is 23.7 Å². The molecule has 1 saturated heterocycles. The Kier molecular flexibility index (Phi) is 9.46. The highest BCUT2D eigenvalue weighted by Crippen LogP contribution is 2.35. The van der Waals surface area contributed by atoms with E-state index in [9.17, 15) is 19.2 Å². The Hall–Kier alpha value is -5.29. The number of methoxy groups -OCH3 is 1.